The van der Waals surface area contributed by atoms with Crippen molar-refractivity contribution in [3.63, 3.8) is 0 Å². The van der Waals surface area contributed by atoms with Crippen LogP contribution in [-0.4, -0.2) is 21.8 Å². The number of hydrogen-bond donors (Lipinski definition) is 2. The molecule has 148 valence electrons. The van der Waals surface area contributed by atoms with Gasteiger partial charge in [-0.1, -0.05) is 38.1 Å². The van der Waals surface area contributed by atoms with Gasteiger partial charge in [0.05, 0.1) is 12.2 Å². The van der Waals surface area contributed by atoms with Gasteiger partial charge in [-0.15, -0.1) is 0 Å². The average molecular weight is 388 g/mol. The lowest BCUT2D eigenvalue weighted by Crippen LogP contribution is -2.24. The molecule has 0 aliphatic heterocycles. The maximum absolute atomic E-state index is 12.8. The second kappa shape index (κ2) is 9.59. The normalized spacial score (nSPS) is 10.4. The van der Waals surface area contributed by atoms with Gasteiger partial charge in [0.1, 0.15) is 5.69 Å². The third-order valence-electron chi connectivity index (χ3n) is 4.65. The Labute approximate surface area is 170 Å². The van der Waals surface area contributed by atoms with E-state index in [2.05, 4.69) is 34.4 Å². The van der Waals surface area contributed by atoms with E-state index in [0.29, 0.717) is 12.1 Å². The Kier molecular flexibility index (Phi) is 6.68. The summed E-state index contributed by atoms with van der Waals surface area (Å²) in [6.07, 6.45) is 4.77. The van der Waals surface area contributed by atoms with Gasteiger partial charge in [0, 0.05) is 23.6 Å². The summed E-state index contributed by atoms with van der Waals surface area (Å²) in [5, 5.41) is 5.78. The molecule has 0 bridgehead atoms. The minimum absolute atomic E-state index is 0.198. The van der Waals surface area contributed by atoms with E-state index in [1.165, 1.54) is 12.3 Å². The van der Waals surface area contributed by atoms with Crippen molar-refractivity contribution in [1.82, 2.24) is 15.3 Å². The number of aryl methyl sites for hydroxylation is 2. The smallest absolute Gasteiger partial charge is 0.274 e. The van der Waals surface area contributed by atoms with Gasteiger partial charge in [-0.25, -0.2) is 0 Å². The van der Waals surface area contributed by atoms with Gasteiger partial charge in [0.2, 0.25) is 0 Å². The van der Waals surface area contributed by atoms with Gasteiger partial charge in [-0.3, -0.25) is 19.6 Å². The maximum atomic E-state index is 12.8. The van der Waals surface area contributed by atoms with Gasteiger partial charge >= 0.3 is 0 Å². The number of hydrogen-bond acceptors (Lipinski definition) is 4. The van der Waals surface area contributed by atoms with Crippen LogP contribution in [0.15, 0.2) is 60.9 Å². The van der Waals surface area contributed by atoms with E-state index in [-0.39, 0.29) is 17.5 Å². The highest BCUT2D eigenvalue weighted by atomic mass is 16.2. The Balaban J connectivity index is 1.74. The number of rotatable bonds is 7. The molecule has 0 saturated carbocycles. The Bertz CT molecular complexity index is 981. The molecule has 2 aromatic heterocycles. The van der Waals surface area contributed by atoms with Crippen LogP contribution < -0.4 is 10.6 Å². The van der Waals surface area contributed by atoms with E-state index < -0.39 is 0 Å². The van der Waals surface area contributed by atoms with Crippen molar-refractivity contribution in [3.05, 3.63) is 89.0 Å². The zero-order valence-electron chi connectivity index (χ0n) is 16.6. The van der Waals surface area contributed by atoms with Gasteiger partial charge in [0.25, 0.3) is 11.8 Å². The molecule has 6 nitrogen and oxygen atoms in total. The molecule has 0 saturated heterocycles. The molecule has 0 fully saturated rings. The summed E-state index contributed by atoms with van der Waals surface area (Å²) < 4.78 is 0. The predicted octanol–water partition coefficient (Wildman–Crippen LogP) is 3.78. The first-order chi connectivity index (χ1) is 14.1. The molecule has 0 aliphatic rings. The molecule has 2 N–H and O–H groups in total. The Morgan fingerprint density at radius 1 is 0.862 bits per heavy atom. The number of benzene rings is 1. The quantitative estimate of drug-likeness (QED) is 0.645. The molecule has 0 unspecified atom stereocenters. The van der Waals surface area contributed by atoms with Crippen molar-refractivity contribution in [2.24, 2.45) is 0 Å². The highest BCUT2D eigenvalue weighted by Crippen LogP contribution is 2.23. The van der Waals surface area contributed by atoms with E-state index in [4.69, 9.17) is 0 Å². The first kappa shape index (κ1) is 20.2. The van der Waals surface area contributed by atoms with Gasteiger partial charge < -0.3 is 10.6 Å². The van der Waals surface area contributed by atoms with E-state index in [0.717, 1.165) is 35.3 Å². The molecule has 2 heterocycles. The highest BCUT2D eigenvalue weighted by molar-refractivity contribution is 6.05. The molecule has 0 spiro atoms. The van der Waals surface area contributed by atoms with Gasteiger partial charge in [0.15, 0.2) is 0 Å². The summed E-state index contributed by atoms with van der Waals surface area (Å²) in [5.41, 5.74) is 4.30. The first-order valence-electron chi connectivity index (χ1n) is 9.68. The van der Waals surface area contributed by atoms with E-state index >= 15 is 0 Å². The summed E-state index contributed by atoms with van der Waals surface area (Å²) in [6.45, 7) is 4.41. The summed E-state index contributed by atoms with van der Waals surface area (Å²) >= 11 is 0. The molecule has 0 radical (unpaired) electrons. The lowest BCUT2D eigenvalue weighted by atomic mass is 10.0. The number of pyridine rings is 2. The Morgan fingerprint density at radius 3 is 2.28 bits per heavy atom. The number of carbonyl (C=O) groups excluding carboxylic acids is 2. The van der Waals surface area contributed by atoms with Crippen LogP contribution in [-0.2, 0) is 19.4 Å². The molecule has 29 heavy (non-hydrogen) atoms. The molecule has 2 amide bonds. The zero-order valence-corrected chi connectivity index (χ0v) is 16.6. The van der Waals surface area contributed by atoms with Crippen LogP contribution in [0.4, 0.5) is 5.69 Å². The van der Waals surface area contributed by atoms with E-state index in [9.17, 15) is 9.59 Å². The van der Waals surface area contributed by atoms with Crippen molar-refractivity contribution in [2.45, 2.75) is 33.2 Å². The minimum atomic E-state index is -0.333. The lowest BCUT2D eigenvalue weighted by Gasteiger charge is -2.14. The minimum Gasteiger partial charge on any atom is -0.346 e. The lowest BCUT2D eigenvalue weighted by molar-refractivity contribution is 0.0950. The van der Waals surface area contributed by atoms with Gasteiger partial charge in [-0.05, 0) is 48.2 Å². The van der Waals surface area contributed by atoms with Crippen LogP contribution in [0.5, 0.6) is 0 Å². The fourth-order valence-electron chi connectivity index (χ4n) is 3.05. The van der Waals surface area contributed by atoms with Crippen molar-refractivity contribution in [1.29, 1.82) is 0 Å². The number of anilines is 1. The standard InChI is InChI=1S/C23H24N4O2/c1-3-16-8-7-9-17(4-2)21(16)27-23(29)20-14-18(11-13-25-20)22(28)26-15-19-10-5-6-12-24-19/h5-14H,3-4,15H2,1-2H3,(H,26,28)(H,27,29). The number of amides is 2. The van der Waals surface area contributed by atoms with Gasteiger partial charge in [-0.2, -0.15) is 0 Å². The van der Waals surface area contributed by atoms with Crippen LogP contribution in [0.3, 0.4) is 0 Å². The maximum Gasteiger partial charge on any atom is 0.274 e. The molecule has 3 rings (SSSR count). The summed E-state index contributed by atoms with van der Waals surface area (Å²) in [4.78, 5) is 33.6. The first-order valence-corrected chi connectivity index (χ1v) is 9.68. The summed E-state index contributed by atoms with van der Waals surface area (Å²) in [5.74, 6) is -0.615. The third-order valence-corrected chi connectivity index (χ3v) is 4.65. The topological polar surface area (TPSA) is 84.0 Å². The molecular formula is C23H24N4O2. The number of nitrogens with zero attached hydrogens (tertiary/aromatic N) is 2. The Morgan fingerprint density at radius 2 is 1.62 bits per heavy atom. The Hall–Kier alpha value is -3.54. The summed E-state index contributed by atoms with van der Waals surface area (Å²) in [6, 6.07) is 14.6. The van der Waals surface area contributed by atoms with Crippen molar-refractivity contribution >= 4 is 17.5 Å². The molecule has 6 heteroatoms. The number of para-hydroxylation sites is 1. The number of nitrogens with one attached hydrogen (secondary N) is 2. The van der Waals surface area contributed by atoms with Crippen LogP contribution in [0.1, 0.15) is 51.5 Å². The highest BCUT2D eigenvalue weighted by Gasteiger charge is 2.15. The fourth-order valence-corrected chi connectivity index (χ4v) is 3.05. The summed E-state index contributed by atoms with van der Waals surface area (Å²) in [7, 11) is 0. The second-order valence-corrected chi connectivity index (χ2v) is 6.55. The van der Waals surface area contributed by atoms with Crippen LogP contribution in [0.25, 0.3) is 0 Å². The monoisotopic (exact) mass is 388 g/mol. The predicted molar refractivity (Wildman–Crippen MR) is 113 cm³/mol. The molecular weight excluding hydrogens is 364 g/mol. The second-order valence-electron chi connectivity index (χ2n) is 6.55. The molecule has 1 aromatic carbocycles. The van der Waals surface area contributed by atoms with E-state index in [1.54, 1.807) is 12.3 Å². The fraction of sp³-hybridized carbons (Fsp3) is 0.217. The molecule has 3 aromatic rings. The van der Waals surface area contributed by atoms with Crippen LogP contribution in [0.2, 0.25) is 0 Å². The van der Waals surface area contributed by atoms with Crippen LogP contribution in [0, 0.1) is 0 Å². The number of carbonyl (C=O) groups is 2. The average Bonchev–Trinajstić information content (AvgIpc) is 2.78. The van der Waals surface area contributed by atoms with Crippen molar-refractivity contribution in [2.75, 3.05) is 5.32 Å². The zero-order chi connectivity index (χ0) is 20.6. The van der Waals surface area contributed by atoms with Crippen molar-refractivity contribution in [3.8, 4) is 0 Å². The molecule has 0 atom stereocenters. The molecule has 0 aliphatic carbocycles. The van der Waals surface area contributed by atoms with E-state index in [1.807, 2.05) is 36.4 Å². The van der Waals surface area contributed by atoms with Crippen molar-refractivity contribution < 1.29 is 9.59 Å². The van der Waals surface area contributed by atoms with Crippen LogP contribution >= 0.6 is 0 Å². The number of aromatic nitrogens is 2. The SMILES string of the molecule is CCc1cccc(CC)c1NC(=O)c1cc(C(=O)NCc2ccccn2)ccn1. The third kappa shape index (κ3) is 5.04. The largest absolute Gasteiger partial charge is 0.346 e.